The second-order valence-electron chi connectivity index (χ2n) is 5.95. The highest BCUT2D eigenvalue weighted by Crippen LogP contribution is 2.33. The van der Waals surface area contributed by atoms with Crippen molar-refractivity contribution in [3.63, 3.8) is 0 Å². The average molecular weight is 383 g/mol. The zero-order valence-corrected chi connectivity index (χ0v) is 15.2. The molecule has 3 aromatic carbocycles. The van der Waals surface area contributed by atoms with Crippen molar-refractivity contribution in [3.05, 3.63) is 77.9 Å². The fraction of sp³-hybridized carbons (Fsp3) is 0.0500. The lowest BCUT2D eigenvalue weighted by Crippen LogP contribution is -2.19. The van der Waals surface area contributed by atoms with Crippen LogP contribution < -0.4 is 4.31 Å². The SMILES string of the molecule is Cc1ccc(-c2cccc(N(c3ccc(C(=O)O)c(O)c3)S(=O)O)c2)cc1. The van der Waals surface area contributed by atoms with Crippen LogP contribution in [0, 0.1) is 6.92 Å². The van der Waals surface area contributed by atoms with E-state index < -0.39 is 23.0 Å². The monoisotopic (exact) mass is 383 g/mol. The molecule has 0 aromatic heterocycles. The molecule has 7 heteroatoms. The van der Waals surface area contributed by atoms with E-state index in [1.165, 1.54) is 12.1 Å². The molecule has 0 bridgehead atoms. The molecule has 0 heterocycles. The highest BCUT2D eigenvalue weighted by molar-refractivity contribution is 7.81. The maximum atomic E-state index is 12.0. The molecule has 3 N–H and O–H groups in total. The van der Waals surface area contributed by atoms with Gasteiger partial charge in [-0.25, -0.2) is 13.3 Å². The summed E-state index contributed by atoms with van der Waals surface area (Å²) in [5, 5.41) is 18.9. The number of nitrogens with zero attached hydrogens (tertiary/aromatic N) is 1. The van der Waals surface area contributed by atoms with Gasteiger partial charge in [0.05, 0.1) is 11.4 Å². The van der Waals surface area contributed by atoms with E-state index in [0.717, 1.165) is 27.1 Å². The first-order valence-electron chi connectivity index (χ1n) is 8.01. The van der Waals surface area contributed by atoms with Crippen molar-refractivity contribution in [2.45, 2.75) is 6.92 Å². The van der Waals surface area contributed by atoms with E-state index in [1.807, 2.05) is 37.3 Å². The molecule has 0 saturated heterocycles. The number of carboxylic acids is 1. The van der Waals surface area contributed by atoms with E-state index in [1.54, 1.807) is 18.2 Å². The summed E-state index contributed by atoms with van der Waals surface area (Å²) >= 11 is -2.42. The molecule has 0 amide bonds. The summed E-state index contributed by atoms with van der Waals surface area (Å²) in [6.45, 7) is 1.99. The summed E-state index contributed by atoms with van der Waals surface area (Å²) in [5.41, 5.74) is 3.28. The maximum absolute atomic E-state index is 12.0. The number of benzene rings is 3. The number of phenols is 1. The van der Waals surface area contributed by atoms with Gasteiger partial charge < -0.3 is 10.2 Å². The summed E-state index contributed by atoms with van der Waals surface area (Å²) < 4.78 is 22.8. The molecule has 1 unspecified atom stereocenters. The minimum absolute atomic E-state index is 0.194. The summed E-state index contributed by atoms with van der Waals surface area (Å²) in [6.07, 6.45) is 0. The third-order valence-electron chi connectivity index (χ3n) is 4.07. The highest BCUT2D eigenvalue weighted by Gasteiger charge is 2.19. The van der Waals surface area contributed by atoms with Crippen LogP contribution in [0.25, 0.3) is 11.1 Å². The minimum atomic E-state index is -2.42. The molecule has 1 atom stereocenters. The Bertz CT molecular complexity index is 1020. The Morgan fingerprint density at radius 1 is 0.926 bits per heavy atom. The topological polar surface area (TPSA) is 98.1 Å². The summed E-state index contributed by atoms with van der Waals surface area (Å²) in [4.78, 5) is 11.0. The van der Waals surface area contributed by atoms with Crippen LogP contribution in [0.2, 0.25) is 0 Å². The van der Waals surface area contributed by atoms with Crippen molar-refractivity contribution in [3.8, 4) is 16.9 Å². The number of aromatic hydroxyl groups is 1. The summed E-state index contributed by atoms with van der Waals surface area (Å²) in [5.74, 6) is -1.76. The Hall–Kier alpha value is -3.16. The van der Waals surface area contributed by atoms with Gasteiger partial charge in [0.15, 0.2) is 0 Å². The van der Waals surface area contributed by atoms with Crippen LogP contribution in [-0.2, 0) is 11.3 Å². The Morgan fingerprint density at radius 2 is 1.59 bits per heavy atom. The van der Waals surface area contributed by atoms with E-state index in [0.29, 0.717) is 5.69 Å². The number of carboxylic acid groups (broad SMARTS) is 1. The molecule has 0 spiro atoms. The lowest BCUT2D eigenvalue weighted by molar-refractivity contribution is 0.0694. The fourth-order valence-corrected chi connectivity index (χ4v) is 3.30. The first-order chi connectivity index (χ1) is 12.9. The summed E-state index contributed by atoms with van der Waals surface area (Å²) in [6, 6.07) is 18.6. The van der Waals surface area contributed by atoms with Crippen molar-refractivity contribution in [2.24, 2.45) is 0 Å². The van der Waals surface area contributed by atoms with Gasteiger partial charge in [-0.1, -0.05) is 42.0 Å². The lowest BCUT2D eigenvalue weighted by atomic mass is 10.0. The van der Waals surface area contributed by atoms with Crippen LogP contribution in [0.4, 0.5) is 11.4 Å². The predicted octanol–water partition coefficient (Wildman–Crippen LogP) is 4.34. The molecule has 0 radical (unpaired) electrons. The second-order valence-corrected chi connectivity index (χ2v) is 6.77. The standard InChI is InChI=1S/C20H17NO5S/c1-13-5-7-14(8-6-13)15-3-2-4-16(11-15)21(27(25)26)17-9-10-18(20(23)24)19(22)12-17/h2-12,22H,1H3,(H,23,24)(H,25,26). The molecule has 0 aliphatic heterocycles. The Labute approximate surface area is 158 Å². The third-order valence-corrected chi connectivity index (χ3v) is 4.80. The molecule has 3 rings (SSSR count). The Kier molecular flexibility index (Phi) is 5.25. The molecule has 0 saturated carbocycles. The number of hydrogen-bond acceptors (Lipinski definition) is 3. The third kappa shape index (κ3) is 3.99. The quantitative estimate of drug-likeness (QED) is 0.569. The molecule has 0 aliphatic rings. The first kappa shape index (κ1) is 18.6. The highest BCUT2D eigenvalue weighted by atomic mass is 32.2. The minimum Gasteiger partial charge on any atom is -0.507 e. The molecule has 0 fully saturated rings. The zero-order valence-electron chi connectivity index (χ0n) is 14.4. The number of rotatable bonds is 5. The maximum Gasteiger partial charge on any atom is 0.339 e. The van der Waals surface area contributed by atoms with Gasteiger partial charge in [-0.2, -0.15) is 0 Å². The molecule has 6 nitrogen and oxygen atoms in total. The smallest absolute Gasteiger partial charge is 0.339 e. The second kappa shape index (κ2) is 7.61. The van der Waals surface area contributed by atoms with Crippen LogP contribution >= 0.6 is 0 Å². The van der Waals surface area contributed by atoms with E-state index in [2.05, 4.69) is 0 Å². The number of anilines is 2. The van der Waals surface area contributed by atoms with E-state index in [-0.39, 0.29) is 11.3 Å². The van der Waals surface area contributed by atoms with Gasteiger partial charge in [0, 0.05) is 6.07 Å². The van der Waals surface area contributed by atoms with Crippen molar-refractivity contribution in [1.29, 1.82) is 0 Å². The van der Waals surface area contributed by atoms with Crippen LogP contribution in [0.5, 0.6) is 5.75 Å². The Balaban J connectivity index is 2.05. The van der Waals surface area contributed by atoms with Crippen molar-refractivity contribution >= 4 is 28.6 Å². The molecule has 3 aromatic rings. The van der Waals surface area contributed by atoms with Gasteiger partial charge >= 0.3 is 5.97 Å². The van der Waals surface area contributed by atoms with Crippen LogP contribution in [0.15, 0.2) is 66.7 Å². The van der Waals surface area contributed by atoms with Gasteiger partial charge in [-0.3, -0.25) is 4.55 Å². The largest absolute Gasteiger partial charge is 0.507 e. The Morgan fingerprint density at radius 3 is 2.19 bits per heavy atom. The zero-order chi connectivity index (χ0) is 19.6. The normalized spacial score (nSPS) is 11.8. The van der Waals surface area contributed by atoms with E-state index >= 15 is 0 Å². The molecule has 0 aliphatic carbocycles. The van der Waals surface area contributed by atoms with Crippen LogP contribution in [-0.4, -0.2) is 24.9 Å². The molecular weight excluding hydrogens is 366 g/mol. The predicted molar refractivity (Wildman–Crippen MR) is 105 cm³/mol. The van der Waals surface area contributed by atoms with Crippen molar-refractivity contribution in [1.82, 2.24) is 0 Å². The van der Waals surface area contributed by atoms with Gasteiger partial charge in [0.1, 0.15) is 11.3 Å². The van der Waals surface area contributed by atoms with E-state index in [9.17, 15) is 18.7 Å². The molecular formula is C20H17NO5S. The first-order valence-corrected chi connectivity index (χ1v) is 9.07. The number of aromatic carboxylic acids is 1. The van der Waals surface area contributed by atoms with Crippen molar-refractivity contribution < 1.29 is 23.8 Å². The average Bonchev–Trinajstić information content (AvgIpc) is 2.62. The number of aryl methyl sites for hydroxylation is 1. The number of carbonyl (C=O) groups is 1. The number of hydrogen-bond donors (Lipinski definition) is 3. The van der Waals surface area contributed by atoms with Gasteiger partial charge in [0.2, 0.25) is 0 Å². The molecule has 138 valence electrons. The van der Waals surface area contributed by atoms with Gasteiger partial charge in [-0.05, 0) is 42.3 Å². The van der Waals surface area contributed by atoms with Crippen LogP contribution in [0.3, 0.4) is 0 Å². The van der Waals surface area contributed by atoms with Gasteiger partial charge in [0.25, 0.3) is 11.3 Å². The lowest BCUT2D eigenvalue weighted by Gasteiger charge is -2.21. The van der Waals surface area contributed by atoms with Gasteiger partial charge in [-0.15, -0.1) is 0 Å². The van der Waals surface area contributed by atoms with Crippen molar-refractivity contribution in [2.75, 3.05) is 4.31 Å². The summed E-state index contributed by atoms with van der Waals surface area (Å²) in [7, 11) is 0. The molecule has 27 heavy (non-hydrogen) atoms. The van der Waals surface area contributed by atoms with Crippen LogP contribution in [0.1, 0.15) is 15.9 Å². The fourth-order valence-electron chi connectivity index (χ4n) is 2.71. The van der Waals surface area contributed by atoms with E-state index in [4.69, 9.17) is 5.11 Å².